The van der Waals surface area contributed by atoms with Crippen molar-refractivity contribution in [2.75, 3.05) is 6.54 Å². The second kappa shape index (κ2) is 17.4. The van der Waals surface area contributed by atoms with E-state index in [9.17, 15) is 0 Å². The van der Waals surface area contributed by atoms with E-state index >= 15 is 0 Å². The summed E-state index contributed by atoms with van der Waals surface area (Å²) >= 11 is -0.106. The molecule has 0 N–H and O–H groups in total. The van der Waals surface area contributed by atoms with Crippen molar-refractivity contribution < 1.29 is 33.0 Å². The molecule has 1 fully saturated rings. The van der Waals surface area contributed by atoms with Crippen LogP contribution in [0.25, 0.3) is 10.6 Å². The topological polar surface area (TPSA) is 28.2 Å². The van der Waals surface area contributed by atoms with Crippen LogP contribution in [0.2, 0.25) is 0 Å². The van der Waals surface area contributed by atoms with Gasteiger partial charge in [0.2, 0.25) is 0 Å². The first-order valence-corrected chi connectivity index (χ1v) is 13.7. The zero-order valence-corrected chi connectivity index (χ0v) is 20.5. The Kier molecular flexibility index (Phi) is 16.0. The maximum atomic E-state index is 4.81. The molecule has 3 unspecified atom stereocenters. The van der Waals surface area contributed by atoms with Gasteiger partial charge in [-0.2, -0.15) is 23.9 Å². The van der Waals surface area contributed by atoms with Crippen molar-refractivity contribution in [3.05, 3.63) is 95.2 Å². The van der Waals surface area contributed by atoms with E-state index in [1.165, 1.54) is 31.2 Å². The number of hydrogen-bond acceptors (Lipinski definition) is 0. The van der Waals surface area contributed by atoms with Crippen molar-refractivity contribution in [3.63, 3.8) is 0 Å². The summed E-state index contributed by atoms with van der Waals surface area (Å²) < 4.78 is 0. The Labute approximate surface area is 202 Å². The molecule has 0 spiro atoms. The van der Waals surface area contributed by atoms with Crippen molar-refractivity contribution in [1.82, 2.24) is 0 Å². The minimum absolute atomic E-state index is 0. The molecule has 29 heavy (non-hydrogen) atoms. The number of nitrogens with zero attached hydrogens (tertiary/aromatic N) is 2. The van der Waals surface area contributed by atoms with Crippen LogP contribution >= 0.6 is 19.1 Å². The smallest absolute Gasteiger partial charge is 0 e. The molecule has 2 nitrogen and oxygen atoms in total. The molecule has 2 heterocycles. The first-order valence-electron chi connectivity index (χ1n) is 9.74. The van der Waals surface area contributed by atoms with Gasteiger partial charge in [0, 0.05) is 17.1 Å². The van der Waals surface area contributed by atoms with Crippen LogP contribution in [0.4, 0.5) is 0 Å². The molecule has 2 aliphatic rings. The summed E-state index contributed by atoms with van der Waals surface area (Å²) in [5.74, 6) is 0.585. The first kappa shape index (κ1) is 26.7. The monoisotopic (exact) mass is 564 g/mol. The summed E-state index contributed by atoms with van der Waals surface area (Å²) in [6.07, 6.45) is 14.5. The van der Waals surface area contributed by atoms with E-state index in [2.05, 4.69) is 41.7 Å². The fourth-order valence-electron chi connectivity index (χ4n) is 3.61. The molecular weight excluding hydrogens is 537 g/mol. The first-order chi connectivity index (χ1) is 13.8. The maximum Gasteiger partial charge on any atom is 0 e. The molecule has 1 saturated heterocycles. The molecule has 0 aromatic heterocycles. The largest absolute Gasteiger partial charge is 0.748 e. The van der Waals surface area contributed by atoms with Gasteiger partial charge in [-0.3, -0.25) is 0 Å². The predicted molar refractivity (Wildman–Crippen MR) is 119 cm³/mol. The second-order valence-electron chi connectivity index (χ2n) is 6.89. The van der Waals surface area contributed by atoms with Gasteiger partial charge in [-0.05, 0) is 0 Å². The molecule has 0 aliphatic carbocycles. The summed E-state index contributed by atoms with van der Waals surface area (Å²) in [6, 6.07) is 19.7. The standard InChI is InChI=1S/C18H23N2.C5H5.2ClH.Fe.Pd/c1-2-8-15(7-1)16(13-17-9-3-5-11-19-17)14-18-10-4-6-12-20-18;1-2-4-5-3-1;;;;/h1-3,5,7-9,11,16-18H,4,6,10,12-14H2;1-5H;2*1H;;/q-3;-5;;;;+2/p-2. The van der Waals surface area contributed by atoms with Crippen LogP contribution in [0, 0.1) is 0 Å². The summed E-state index contributed by atoms with van der Waals surface area (Å²) in [7, 11) is 9.63. The summed E-state index contributed by atoms with van der Waals surface area (Å²) in [5.41, 5.74) is 1.46. The quantitative estimate of drug-likeness (QED) is 0.262. The number of allylic oxidation sites excluding steroid dienone is 2. The van der Waals surface area contributed by atoms with Crippen LogP contribution in [-0.2, 0) is 33.0 Å². The van der Waals surface area contributed by atoms with Crippen molar-refractivity contribution in [1.29, 1.82) is 0 Å². The van der Waals surface area contributed by atoms with Crippen LogP contribution in [0.1, 0.15) is 43.6 Å². The molecule has 3 atom stereocenters. The van der Waals surface area contributed by atoms with Gasteiger partial charge in [0.15, 0.2) is 0 Å². The maximum absolute atomic E-state index is 4.81. The van der Waals surface area contributed by atoms with E-state index in [1.807, 2.05) is 42.6 Å². The molecule has 0 bridgehead atoms. The van der Waals surface area contributed by atoms with Crippen molar-refractivity contribution in [2.45, 2.75) is 50.1 Å². The van der Waals surface area contributed by atoms with Gasteiger partial charge in [-0.15, -0.1) is 18.6 Å². The van der Waals surface area contributed by atoms with E-state index in [1.54, 1.807) is 0 Å². The van der Waals surface area contributed by atoms with Gasteiger partial charge in [-0.1, -0.05) is 56.3 Å². The Morgan fingerprint density at radius 2 is 1.66 bits per heavy atom. The number of hydrogen-bond donors (Lipinski definition) is 0. The molecular formula is C23H28Cl2FeN2Pd-8. The van der Waals surface area contributed by atoms with Crippen molar-refractivity contribution >= 4 is 19.1 Å². The third kappa shape index (κ3) is 11.6. The fraction of sp³-hybridized carbons (Fsp3) is 0.391. The zero-order chi connectivity index (χ0) is 19.9. The Bertz CT molecular complexity index is 621. The van der Waals surface area contributed by atoms with Crippen molar-refractivity contribution in [3.8, 4) is 0 Å². The molecule has 4 rings (SSSR count). The van der Waals surface area contributed by atoms with Gasteiger partial charge >= 0.3 is 35.0 Å². The normalized spacial score (nSPS) is 20.9. The molecule has 2 aliphatic heterocycles. The Hall–Kier alpha value is -0.298. The summed E-state index contributed by atoms with van der Waals surface area (Å²) in [6.45, 7) is 1.06. The van der Waals surface area contributed by atoms with Crippen LogP contribution < -0.4 is 0 Å². The summed E-state index contributed by atoms with van der Waals surface area (Å²) in [5, 5.41) is 9.38. The summed E-state index contributed by atoms with van der Waals surface area (Å²) in [4.78, 5) is 0. The third-order valence-corrected chi connectivity index (χ3v) is 4.94. The van der Waals surface area contributed by atoms with Crippen LogP contribution in [0.3, 0.4) is 0 Å². The van der Waals surface area contributed by atoms with Crippen LogP contribution in [0.5, 0.6) is 0 Å². The Morgan fingerprint density at radius 1 is 1.00 bits per heavy atom. The van der Waals surface area contributed by atoms with Gasteiger partial charge in [0.05, 0.1) is 0 Å². The minimum Gasteiger partial charge on any atom is -0.748 e. The van der Waals surface area contributed by atoms with Crippen LogP contribution in [0.15, 0.2) is 79.0 Å². The average molecular weight is 566 g/mol. The van der Waals surface area contributed by atoms with Gasteiger partial charge in [-0.25, -0.2) is 12.1 Å². The molecule has 170 valence electrons. The molecule has 0 radical (unpaired) electrons. The number of halogens is 2. The van der Waals surface area contributed by atoms with E-state index in [0.29, 0.717) is 18.0 Å². The Balaban J connectivity index is 0.000000396. The van der Waals surface area contributed by atoms with Gasteiger partial charge < -0.3 is 41.0 Å². The van der Waals surface area contributed by atoms with E-state index in [4.69, 9.17) is 24.4 Å². The molecule has 6 heteroatoms. The second-order valence-corrected chi connectivity index (χ2v) is 9.25. The zero-order valence-electron chi connectivity index (χ0n) is 16.3. The average Bonchev–Trinajstić information content (AvgIpc) is 3.47. The molecule has 2 aromatic rings. The van der Waals surface area contributed by atoms with E-state index in [0.717, 1.165) is 13.0 Å². The van der Waals surface area contributed by atoms with E-state index in [-0.39, 0.29) is 33.0 Å². The van der Waals surface area contributed by atoms with Crippen molar-refractivity contribution in [2.24, 2.45) is 0 Å². The molecule has 0 amide bonds. The third-order valence-electron chi connectivity index (χ3n) is 4.94. The van der Waals surface area contributed by atoms with Crippen LogP contribution in [-0.4, -0.2) is 18.6 Å². The fourth-order valence-corrected chi connectivity index (χ4v) is 3.61. The minimum atomic E-state index is -0.106. The van der Waals surface area contributed by atoms with E-state index < -0.39 is 0 Å². The Morgan fingerprint density at radius 3 is 2.17 bits per heavy atom. The SMILES string of the molecule is C1=C[N-]C(CC(CC2CCCC[N-]2)[c-]2cccc2)C=C1.[Cl][Pd][Cl].[Fe].[cH-]1[cH-][cH-][cH-][cH-]1. The number of piperidine rings is 1. The number of rotatable bonds is 5. The predicted octanol–water partition coefficient (Wildman–Crippen LogP) is 7.80. The molecule has 0 saturated carbocycles. The molecule has 2 aromatic carbocycles. The van der Waals surface area contributed by atoms with Gasteiger partial charge in [0.25, 0.3) is 0 Å². The van der Waals surface area contributed by atoms with Gasteiger partial charge in [0.1, 0.15) is 0 Å².